The molecule has 43 heavy (non-hydrogen) atoms. The topological polar surface area (TPSA) is 287 Å². The van der Waals surface area contributed by atoms with Gasteiger partial charge in [0.25, 0.3) is 40.5 Å². The highest BCUT2D eigenvalue weighted by molar-refractivity contribution is 7.86. The highest BCUT2D eigenvalue weighted by Gasteiger charge is 2.23. The van der Waals surface area contributed by atoms with Crippen molar-refractivity contribution in [3.05, 3.63) is 66.7 Å². The molecule has 0 saturated carbocycles. The molecule has 17 nitrogen and oxygen atoms in total. The van der Waals surface area contributed by atoms with Crippen LogP contribution >= 0.6 is 0 Å². The lowest BCUT2D eigenvalue weighted by Crippen LogP contribution is -2.00. The summed E-state index contributed by atoms with van der Waals surface area (Å²) < 4.78 is 131. The van der Waals surface area contributed by atoms with E-state index in [0.29, 0.717) is 6.07 Å². The van der Waals surface area contributed by atoms with Gasteiger partial charge >= 0.3 is 0 Å². The van der Waals surface area contributed by atoms with Crippen molar-refractivity contribution in [1.29, 1.82) is 0 Å². The van der Waals surface area contributed by atoms with E-state index in [4.69, 9.17) is 4.55 Å². The summed E-state index contributed by atoms with van der Waals surface area (Å²) in [6.45, 7) is 0. The van der Waals surface area contributed by atoms with Gasteiger partial charge in [-0.1, -0.05) is 6.07 Å². The molecule has 0 aliphatic carbocycles. The molecule has 0 bridgehead atoms. The fourth-order valence-corrected chi connectivity index (χ4v) is 5.80. The molecule has 0 amide bonds. The minimum Gasteiger partial charge on any atom is -0.504 e. The number of hydrogen-bond donors (Lipinski definition) is 5. The average Bonchev–Trinajstić information content (AvgIpc) is 2.89. The normalized spacial score (nSPS) is 13.3. The molecule has 0 aromatic heterocycles. The van der Waals surface area contributed by atoms with Crippen molar-refractivity contribution in [1.82, 2.24) is 0 Å². The predicted octanol–water partition coefficient (Wildman–Crippen LogP) is 4.36. The van der Waals surface area contributed by atoms with E-state index in [2.05, 4.69) is 20.5 Å². The molecule has 0 atom stereocenters. The second kappa shape index (κ2) is 11.1. The Morgan fingerprint density at radius 3 is 1.58 bits per heavy atom. The average molecular weight is 673 g/mol. The summed E-state index contributed by atoms with van der Waals surface area (Å²) in [4.78, 5) is -3.05. The maximum Gasteiger partial charge on any atom is 0.298 e. The lowest BCUT2D eigenvalue weighted by molar-refractivity contribution is 0.445. The van der Waals surface area contributed by atoms with Crippen LogP contribution in [0.2, 0.25) is 0 Å². The predicted molar refractivity (Wildman–Crippen MR) is 146 cm³/mol. The Kier molecular flexibility index (Phi) is 8.20. The van der Waals surface area contributed by atoms with Crippen molar-refractivity contribution in [2.45, 2.75) is 19.6 Å². The molecular weight excluding hydrogens is 657 g/mol. The van der Waals surface area contributed by atoms with Crippen LogP contribution in [0.5, 0.6) is 5.75 Å². The molecule has 0 aliphatic rings. The van der Waals surface area contributed by atoms with Gasteiger partial charge < -0.3 is 5.11 Å². The summed E-state index contributed by atoms with van der Waals surface area (Å²) in [6.07, 6.45) is 0. The Balaban J connectivity index is 1.81. The minimum absolute atomic E-state index is 0.0998. The van der Waals surface area contributed by atoms with Gasteiger partial charge in [0.15, 0.2) is 5.75 Å². The molecule has 0 radical (unpaired) electrons. The molecule has 4 aromatic carbocycles. The van der Waals surface area contributed by atoms with Crippen LogP contribution in [0.25, 0.3) is 10.8 Å². The zero-order chi connectivity index (χ0) is 32.0. The molecule has 4 rings (SSSR count). The summed E-state index contributed by atoms with van der Waals surface area (Å²) >= 11 is 0. The third kappa shape index (κ3) is 7.23. The van der Waals surface area contributed by atoms with E-state index in [1.54, 1.807) is 0 Å². The van der Waals surface area contributed by atoms with Crippen molar-refractivity contribution >= 4 is 74.0 Å². The lowest BCUT2D eigenvalue weighted by Gasteiger charge is -2.10. The molecule has 0 saturated heterocycles. The highest BCUT2D eigenvalue weighted by atomic mass is 32.2. The van der Waals surface area contributed by atoms with Gasteiger partial charge in [0, 0.05) is 5.39 Å². The van der Waals surface area contributed by atoms with Crippen molar-refractivity contribution < 1.29 is 57.0 Å². The number of azo groups is 2. The molecule has 226 valence electrons. The number of fused-ring (bicyclic) bond motifs is 1. The lowest BCUT2D eigenvalue weighted by atomic mass is 10.1. The van der Waals surface area contributed by atoms with Crippen LogP contribution < -0.4 is 0 Å². The van der Waals surface area contributed by atoms with Crippen LogP contribution in [-0.2, 0) is 40.5 Å². The summed E-state index contributed by atoms with van der Waals surface area (Å²) in [5, 5.41) is 25.1. The second-order valence-corrected chi connectivity index (χ2v) is 14.0. The van der Waals surface area contributed by atoms with E-state index in [1.807, 2.05) is 0 Å². The third-order valence-corrected chi connectivity index (χ3v) is 8.96. The first kappa shape index (κ1) is 31.7. The fraction of sp³-hybridized carbons (Fsp3) is 0. The van der Waals surface area contributed by atoms with Crippen LogP contribution in [0.4, 0.5) is 22.7 Å². The van der Waals surface area contributed by atoms with Crippen LogP contribution in [0, 0.1) is 0 Å². The number of phenols is 1. The Labute approximate surface area is 242 Å². The summed E-state index contributed by atoms with van der Waals surface area (Å²) in [6, 6.07) is 10.9. The van der Waals surface area contributed by atoms with Gasteiger partial charge in [-0.15, -0.1) is 10.2 Å². The summed E-state index contributed by atoms with van der Waals surface area (Å²) in [5.41, 5.74) is -1.25. The highest BCUT2D eigenvalue weighted by Crippen LogP contribution is 2.42. The van der Waals surface area contributed by atoms with Gasteiger partial charge in [0.1, 0.15) is 21.2 Å². The second-order valence-electron chi connectivity index (χ2n) is 8.40. The standard InChI is InChI=1S/C22H16N4O13S4/c27-22-20(43(37,38)39)10-12-9-16(41(31,32)33)6-7-17(12)21(22)26-25-18-8-3-14(11-19(18)42(34,35)36)24-23-13-1-4-15(5-2-13)40(28,29)30/h1-11,27H,(H,28,29,30)(H,31,32,33)(H,34,35,36)(H,37,38,39). The van der Waals surface area contributed by atoms with E-state index in [0.717, 1.165) is 42.5 Å². The Morgan fingerprint density at radius 1 is 0.488 bits per heavy atom. The van der Waals surface area contributed by atoms with Gasteiger partial charge in [-0.25, -0.2) is 0 Å². The molecule has 0 heterocycles. The number of nitrogens with zero attached hydrogens (tertiary/aromatic N) is 4. The van der Waals surface area contributed by atoms with Crippen molar-refractivity contribution in [2.75, 3.05) is 0 Å². The number of aromatic hydroxyl groups is 1. The SMILES string of the molecule is O=S(=O)(O)c1ccc(N=Nc2ccc(N=Nc3c(O)c(S(=O)(=O)O)cc4cc(S(=O)(=O)O)ccc34)c(S(=O)(=O)O)c2)cc1. The maximum atomic E-state index is 12.1. The minimum atomic E-state index is -5.12. The van der Waals surface area contributed by atoms with Crippen molar-refractivity contribution in [3.8, 4) is 5.75 Å². The van der Waals surface area contributed by atoms with Crippen LogP contribution in [0.3, 0.4) is 0 Å². The number of phenolic OH excluding ortho intramolecular Hbond substituents is 1. The van der Waals surface area contributed by atoms with Gasteiger partial charge in [0.05, 0.1) is 21.2 Å². The largest absolute Gasteiger partial charge is 0.504 e. The van der Waals surface area contributed by atoms with Crippen LogP contribution in [0.1, 0.15) is 0 Å². The van der Waals surface area contributed by atoms with E-state index < -0.39 is 77.2 Å². The zero-order valence-corrected chi connectivity index (χ0v) is 24.0. The quantitative estimate of drug-likeness (QED) is 0.129. The molecule has 21 heteroatoms. The zero-order valence-electron chi connectivity index (χ0n) is 20.8. The first-order valence-electron chi connectivity index (χ1n) is 11.0. The van der Waals surface area contributed by atoms with Gasteiger partial charge in [-0.3, -0.25) is 18.2 Å². The molecular formula is C22H16N4O13S4. The van der Waals surface area contributed by atoms with Crippen LogP contribution in [0.15, 0.2) is 107 Å². The van der Waals surface area contributed by atoms with Crippen molar-refractivity contribution in [3.63, 3.8) is 0 Å². The van der Waals surface area contributed by atoms with Crippen LogP contribution in [-0.4, -0.2) is 57.0 Å². The van der Waals surface area contributed by atoms with E-state index >= 15 is 0 Å². The van der Waals surface area contributed by atoms with E-state index in [-0.39, 0.29) is 22.1 Å². The van der Waals surface area contributed by atoms with Crippen molar-refractivity contribution in [2.24, 2.45) is 20.5 Å². The number of benzene rings is 4. The monoisotopic (exact) mass is 672 g/mol. The summed E-state index contributed by atoms with van der Waals surface area (Å²) in [7, 11) is -19.3. The Morgan fingerprint density at radius 2 is 1.02 bits per heavy atom. The van der Waals surface area contributed by atoms with E-state index in [9.17, 15) is 52.4 Å². The number of rotatable bonds is 8. The van der Waals surface area contributed by atoms with Gasteiger partial charge in [-0.2, -0.15) is 43.9 Å². The Bertz CT molecular complexity index is 2290. The summed E-state index contributed by atoms with van der Waals surface area (Å²) in [5.74, 6) is -1.14. The first-order chi connectivity index (χ1) is 19.7. The van der Waals surface area contributed by atoms with Gasteiger partial charge in [0.2, 0.25) is 0 Å². The first-order valence-corrected chi connectivity index (χ1v) is 16.8. The molecule has 0 unspecified atom stereocenters. The third-order valence-electron chi connectivity index (χ3n) is 5.49. The fourth-order valence-electron chi connectivity index (χ4n) is 3.55. The smallest absolute Gasteiger partial charge is 0.298 e. The molecule has 0 aliphatic heterocycles. The van der Waals surface area contributed by atoms with E-state index in [1.165, 1.54) is 18.2 Å². The molecule has 4 aromatic rings. The number of hydrogen-bond acceptors (Lipinski definition) is 13. The molecule has 0 fully saturated rings. The molecule has 0 spiro atoms. The van der Waals surface area contributed by atoms with Gasteiger partial charge in [-0.05, 0) is 66.0 Å². The Hall–Kier alpha value is -4.22. The maximum absolute atomic E-state index is 12.1. The molecule has 5 N–H and O–H groups in total.